The number of aromatic amines is 1. The Hall–Kier alpha value is -4.86. The van der Waals surface area contributed by atoms with Gasteiger partial charge in [0.25, 0.3) is 5.56 Å². The van der Waals surface area contributed by atoms with Gasteiger partial charge in [-0.2, -0.15) is 10.2 Å². The topological polar surface area (TPSA) is 120 Å². The van der Waals surface area contributed by atoms with E-state index in [2.05, 4.69) is 20.2 Å². The van der Waals surface area contributed by atoms with Crippen LogP contribution in [-0.2, 0) is 6.54 Å². The molecule has 0 bridgehead atoms. The first-order valence-electron chi connectivity index (χ1n) is 10.9. The molecule has 0 aliphatic heterocycles. The summed E-state index contributed by atoms with van der Waals surface area (Å²) in [6.07, 6.45) is 4.70. The summed E-state index contributed by atoms with van der Waals surface area (Å²) in [6, 6.07) is 13.7. The standard InChI is InChI=1S/C25H19FN8O/c1-14-5-4-6-15-9-17(34(25(35)20(14)15)19-8-3-2-7-18(19)26)12-33-24-21(23(27)28-13-29-24)22(32-33)16-10-30-31-11-16/h2-11,13H,12H2,1H3,(H,30,31)(H2,27,28,29). The van der Waals surface area contributed by atoms with Gasteiger partial charge in [0.1, 0.15) is 23.7 Å². The fraction of sp³-hybridized carbons (Fsp3) is 0.0800. The minimum Gasteiger partial charge on any atom is -0.383 e. The van der Waals surface area contributed by atoms with Crippen LogP contribution < -0.4 is 11.3 Å². The summed E-state index contributed by atoms with van der Waals surface area (Å²) in [5.74, 6) is -0.224. The van der Waals surface area contributed by atoms with Crippen LogP contribution in [0.2, 0.25) is 0 Å². The molecule has 6 rings (SSSR count). The lowest BCUT2D eigenvalue weighted by molar-refractivity contribution is 0.606. The fourth-order valence-electron chi connectivity index (χ4n) is 4.48. The molecule has 10 heteroatoms. The quantitative estimate of drug-likeness (QED) is 0.410. The van der Waals surface area contributed by atoms with Gasteiger partial charge in [0, 0.05) is 17.5 Å². The van der Waals surface area contributed by atoms with Crippen molar-refractivity contribution in [2.24, 2.45) is 0 Å². The Labute approximate surface area is 197 Å². The molecule has 0 fully saturated rings. The van der Waals surface area contributed by atoms with E-state index in [4.69, 9.17) is 10.8 Å². The molecule has 0 spiro atoms. The van der Waals surface area contributed by atoms with Crippen molar-refractivity contribution in [1.82, 2.24) is 34.5 Å². The van der Waals surface area contributed by atoms with Gasteiger partial charge in [-0.15, -0.1) is 0 Å². The first kappa shape index (κ1) is 20.7. The number of hydrogen-bond acceptors (Lipinski definition) is 6. The molecule has 4 heterocycles. The van der Waals surface area contributed by atoms with Crippen molar-refractivity contribution in [3.05, 3.63) is 94.7 Å². The summed E-state index contributed by atoms with van der Waals surface area (Å²) in [7, 11) is 0. The molecule has 9 nitrogen and oxygen atoms in total. The third-order valence-corrected chi connectivity index (χ3v) is 6.07. The predicted molar refractivity (Wildman–Crippen MR) is 131 cm³/mol. The maximum absolute atomic E-state index is 14.9. The van der Waals surface area contributed by atoms with E-state index < -0.39 is 5.82 Å². The third-order valence-electron chi connectivity index (χ3n) is 6.07. The highest BCUT2D eigenvalue weighted by atomic mass is 19.1. The van der Waals surface area contributed by atoms with Crippen molar-refractivity contribution >= 4 is 27.6 Å². The molecule has 0 amide bonds. The van der Waals surface area contributed by atoms with Crippen molar-refractivity contribution in [3.63, 3.8) is 0 Å². The minimum absolute atomic E-state index is 0.137. The lowest BCUT2D eigenvalue weighted by atomic mass is 10.1. The van der Waals surface area contributed by atoms with Gasteiger partial charge < -0.3 is 5.73 Å². The lowest BCUT2D eigenvalue weighted by Gasteiger charge is -2.16. The monoisotopic (exact) mass is 466 g/mol. The Morgan fingerprint density at radius 2 is 1.94 bits per heavy atom. The number of anilines is 1. The number of hydrogen-bond donors (Lipinski definition) is 2. The van der Waals surface area contributed by atoms with E-state index in [1.807, 2.05) is 31.2 Å². The summed E-state index contributed by atoms with van der Waals surface area (Å²) < 4.78 is 18.0. The highest BCUT2D eigenvalue weighted by Gasteiger charge is 2.21. The van der Waals surface area contributed by atoms with E-state index >= 15 is 0 Å². The summed E-state index contributed by atoms with van der Waals surface area (Å²) in [4.78, 5) is 22.3. The number of para-hydroxylation sites is 1. The van der Waals surface area contributed by atoms with Crippen LogP contribution in [0.4, 0.5) is 10.2 Å². The molecule has 35 heavy (non-hydrogen) atoms. The summed E-state index contributed by atoms with van der Waals surface area (Å²) in [5.41, 5.74) is 9.17. The van der Waals surface area contributed by atoms with Crippen molar-refractivity contribution in [2.75, 3.05) is 5.73 Å². The highest BCUT2D eigenvalue weighted by molar-refractivity contribution is 5.98. The lowest BCUT2D eigenvalue weighted by Crippen LogP contribution is -2.25. The Morgan fingerprint density at radius 3 is 2.74 bits per heavy atom. The summed E-state index contributed by atoms with van der Waals surface area (Å²) >= 11 is 0. The van der Waals surface area contributed by atoms with Crippen LogP contribution in [0.1, 0.15) is 11.3 Å². The van der Waals surface area contributed by atoms with Gasteiger partial charge in [0.15, 0.2) is 5.65 Å². The van der Waals surface area contributed by atoms with Crippen LogP contribution in [-0.4, -0.2) is 34.5 Å². The maximum Gasteiger partial charge on any atom is 0.263 e. The Morgan fingerprint density at radius 1 is 1.09 bits per heavy atom. The van der Waals surface area contributed by atoms with Crippen molar-refractivity contribution in [2.45, 2.75) is 13.5 Å². The second-order valence-electron chi connectivity index (χ2n) is 8.22. The van der Waals surface area contributed by atoms with E-state index in [1.165, 1.54) is 17.0 Å². The molecule has 0 saturated heterocycles. The zero-order valence-corrected chi connectivity index (χ0v) is 18.6. The SMILES string of the molecule is Cc1cccc2cc(Cn3nc(-c4cn[nH]c4)c4c(N)ncnc43)n(-c3ccccc3F)c(=O)c12. The van der Waals surface area contributed by atoms with Crippen LogP contribution in [0.15, 0.2) is 72.0 Å². The molecule has 0 aliphatic rings. The first-order chi connectivity index (χ1) is 17.0. The zero-order valence-electron chi connectivity index (χ0n) is 18.6. The van der Waals surface area contributed by atoms with Crippen LogP contribution in [0.5, 0.6) is 0 Å². The molecule has 2 aromatic carbocycles. The predicted octanol–water partition coefficient (Wildman–Crippen LogP) is 3.60. The number of halogens is 1. The van der Waals surface area contributed by atoms with Gasteiger partial charge >= 0.3 is 0 Å². The molecule has 172 valence electrons. The van der Waals surface area contributed by atoms with Crippen LogP contribution in [0.3, 0.4) is 0 Å². The number of aryl methyl sites for hydroxylation is 1. The fourth-order valence-corrected chi connectivity index (χ4v) is 4.48. The molecule has 0 aliphatic carbocycles. The van der Waals surface area contributed by atoms with Gasteiger partial charge in [-0.1, -0.05) is 30.3 Å². The molecule has 0 saturated carbocycles. The number of nitrogens with one attached hydrogen (secondary N) is 1. The number of nitrogen functional groups attached to an aromatic ring is 1. The molecule has 3 N–H and O–H groups in total. The van der Waals surface area contributed by atoms with E-state index in [9.17, 15) is 9.18 Å². The van der Waals surface area contributed by atoms with E-state index in [0.717, 1.165) is 16.5 Å². The van der Waals surface area contributed by atoms with Crippen LogP contribution in [0, 0.1) is 12.7 Å². The van der Waals surface area contributed by atoms with Gasteiger partial charge in [0.2, 0.25) is 0 Å². The van der Waals surface area contributed by atoms with Crippen molar-refractivity contribution < 1.29 is 4.39 Å². The molecular weight excluding hydrogens is 447 g/mol. The number of aromatic nitrogens is 7. The maximum atomic E-state index is 14.9. The number of fused-ring (bicyclic) bond motifs is 2. The van der Waals surface area contributed by atoms with Crippen molar-refractivity contribution in [3.8, 4) is 16.9 Å². The summed E-state index contributed by atoms with van der Waals surface area (Å²) in [6.45, 7) is 2.01. The second kappa shape index (κ2) is 7.87. The largest absolute Gasteiger partial charge is 0.383 e. The number of benzene rings is 2. The smallest absolute Gasteiger partial charge is 0.263 e. The van der Waals surface area contributed by atoms with Gasteiger partial charge in [-0.25, -0.2) is 19.0 Å². The van der Waals surface area contributed by atoms with Crippen LogP contribution >= 0.6 is 0 Å². The molecule has 4 aromatic heterocycles. The third kappa shape index (κ3) is 3.26. The Bertz CT molecular complexity index is 1790. The summed E-state index contributed by atoms with van der Waals surface area (Å²) in [5, 5.41) is 13.4. The number of H-pyrrole nitrogens is 1. The second-order valence-corrected chi connectivity index (χ2v) is 8.22. The van der Waals surface area contributed by atoms with Gasteiger partial charge in [0.05, 0.1) is 29.2 Å². The average Bonchev–Trinajstić information content (AvgIpc) is 3.49. The molecular formula is C25H19FN8O. The number of nitrogens with zero attached hydrogens (tertiary/aromatic N) is 6. The normalized spacial score (nSPS) is 11.5. The average molecular weight is 466 g/mol. The molecule has 0 radical (unpaired) electrons. The van der Waals surface area contributed by atoms with E-state index in [-0.39, 0.29) is 23.6 Å². The number of nitrogens with two attached hydrogens (primary N) is 1. The van der Waals surface area contributed by atoms with Crippen molar-refractivity contribution in [1.29, 1.82) is 0 Å². The van der Waals surface area contributed by atoms with E-state index in [1.54, 1.807) is 35.3 Å². The number of rotatable bonds is 4. The molecule has 6 aromatic rings. The Balaban J connectivity index is 1.64. The van der Waals surface area contributed by atoms with Gasteiger partial charge in [-0.3, -0.25) is 14.5 Å². The first-order valence-corrected chi connectivity index (χ1v) is 10.9. The van der Waals surface area contributed by atoms with Crippen LogP contribution in [0.25, 0.3) is 38.8 Å². The Kier molecular flexibility index (Phi) is 4.66. The zero-order chi connectivity index (χ0) is 24.1. The minimum atomic E-state index is -0.500. The molecule has 0 atom stereocenters. The van der Waals surface area contributed by atoms with Gasteiger partial charge in [-0.05, 0) is 36.1 Å². The number of pyridine rings is 1. The highest BCUT2D eigenvalue weighted by Crippen LogP contribution is 2.30. The molecule has 0 unspecified atom stereocenters. The van der Waals surface area contributed by atoms with E-state index in [0.29, 0.717) is 27.8 Å².